The van der Waals surface area contributed by atoms with E-state index in [0.717, 1.165) is 25.9 Å². The second-order valence-electron chi connectivity index (χ2n) is 3.82. The standard InChI is InChI=1S/C9H19N3O/c1-2-7-5-12(6-9(11)13)4-3-8(7)10/h7-8H,2-6,10H2,1H3,(H2,11,13). The first-order valence-corrected chi connectivity index (χ1v) is 4.89. The van der Waals surface area contributed by atoms with Crippen LogP contribution in [0.5, 0.6) is 0 Å². The molecular weight excluding hydrogens is 166 g/mol. The summed E-state index contributed by atoms with van der Waals surface area (Å²) in [7, 11) is 0. The van der Waals surface area contributed by atoms with Crippen molar-refractivity contribution in [2.45, 2.75) is 25.8 Å². The van der Waals surface area contributed by atoms with Gasteiger partial charge in [0, 0.05) is 19.1 Å². The van der Waals surface area contributed by atoms with Crippen molar-refractivity contribution >= 4 is 5.91 Å². The number of amides is 1. The average Bonchev–Trinajstić information content (AvgIpc) is 2.07. The third-order valence-electron chi connectivity index (χ3n) is 2.78. The quantitative estimate of drug-likeness (QED) is 0.624. The van der Waals surface area contributed by atoms with Gasteiger partial charge in [0.2, 0.25) is 5.91 Å². The number of nitrogens with zero attached hydrogens (tertiary/aromatic N) is 1. The molecule has 1 heterocycles. The van der Waals surface area contributed by atoms with E-state index in [1.165, 1.54) is 0 Å². The number of hydrogen-bond acceptors (Lipinski definition) is 3. The van der Waals surface area contributed by atoms with E-state index in [4.69, 9.17) is 11.5 Å². The first-order valence-electron chi connectivity index (χ1n) is 4.89. The molecule has 1 saturated heterocycles. The van der Waals surface area contributed by atoms with Crippen LogP contribution in [0.4, 0.5) is 0 Å². The van der Waals surface area contributed by atoms with E-state index in [1.54, 1.807) is 0 Å². The maximum atomic E-state index is 10.7. The molecule has 1 aliphatic heterocycles. The van der Waals surface area contributed by atoms with Crippen molar-refractivity contribution in [3.63, 3.8) is 0 Å². The zero-order chi connectivity index (χ0) is 9.84. The van der Waals surface area contributed by atoms with Crippen LogP contribution >= 0.6 is 0 Å². The van der Waals surface area contributed by atoms with Crippen LogP contribution < -0.4 is 11.5 Å². The molecule has 1 fully saturated rings. The smallest absolute Gasteiger partial charge is 0.231 e. The fourth-order valence-electron chi connectivity index (χ4n) is 1.92. The molecule has 0 aliphatic carbocycles. The van der Waals surface area contributed by atoms with Gasteiger partial charge in [-0.1, -0.05) is 13.3 Å². The lowest BCUT2D eigenvalue weighted by atomic mass is 9.91. The summed E-state index contributed by atoms with van der Waals surface area (Å²) in [5, 5.41) is 0. The fourth-order valence-corrected chi connectivity index (χ4v) is 1.92. The molecule has 2 atom stereocenters. The number of carbonyl (C=O) groups is 1. The van der Waals surface area contributed by atoms with Crippen molar-refractivity contribution in [1.29, 1.82) is 0 Å². The van der Waals surface area contributed by atoms with E-state index in [0.29, 0.717) is 18.5 Å². The molecule has 2 unspecified atom stereocenters. The minimum Gasteiger partial charge on any atom is -0.369 e. The summed E-state index contributed by atoms with van der Waals surface area (Å²) in [5.41, 5.74) is 11.1. The Kier molecular flexibility index (Phi) is 3.69. The molecule has 0 bridgehead atoms. The highest BCUT2D eigenvalue weighted by Gasteiger charge is 2.25. The number of carbonyl (C=O) groups excluding carboxylic acids is 1. The predicted octanol–water partition coefficient (Wildman–Crippen LogP) is -0.469. The number of likely N-dealkylation sites (tertiary alicyclic amines) is 1. The second-order valence-corrected chi connectivity index (χ2v) is 3.82. The number of rotatable bonds is 3. The third kappa shape index (κ3) is 2.97. The van der Waals surface area contributed by atoms with Gasteiger partial charge in [0.1, 0.15) is 0 Å². The fraction of sp³-hybridized carbons (Fsp3) is 0.889. The normalized spacial score (nSPS) is 30.3. The van der Waals surface area contributed by atoms with Gasteiger partial charge in [-0.05, 0) is 12.3 Å². The van der Waals surface area contributed by atoms with Crippen molar-refractivity contribution in [3.8, 4) is 0 Å². The maximum Gasteiger partial charge on any atom is 0.231 e. The van der Waals surface area contributed by atoms with Crippen LogP contribution in [-0.4, -0.2) is 36.5 Å². The third-order valence-corrected chi connectivity index (χ3v) is 2.78. The van der Waals surface area contributed by atoms with Gasteiger partial charge in [0.05, 0.1) is 6.54 Å². The van der Waals surface area contributed by atoms with Gasteiger partial charge in [-0.25, -0.2) is 0 Å². The Morgan fingerprint density at radius 2 is 2.31 bits per heavy atom. The van der Waals surface area contributed by atoms with Crippen LogP contribution in [0.2, 0.25) is 0 Å². The lowest BCUT2D eigenvalue weighted by molar-refractivity contribution is -0.119. The average molecular weight is 185 g/mol. The zero-order valence-electron chi connectivity index (χ0n) is 8.20. The molecule has 76 valence electrons. The lowest BCUT2D eigenvalue weighted by Crippen LogP contribution is -2.49. The van der Waals surface area contributed by atoms with Gasteiger partial charge in [0.15, 0.2) is 0 Å². The Morgan fingerprint density at radius 3 is 2.85 bits per heavy atom. The molecule has 0 aromatic carbocycles. The van der Waals surface area contributed by atoms with E-state index in [1.807, 2.05) is 0 Å². The number of piperidine rings is 1. The molecule has 1 aliphatic rings. The van der Waals surface area contributed by atoms with Crippen molar-refractivity contribution in [3.05, 3.63) is 0 Å². The van der Waals surface area contributed by atoms with Crippen LogP contribution in [-0.2, 0) is 4.79 Å². The Hall–Kier alpha value is -0.610. The lowest BCUT2D eigenvalue weighted by Gasteiger charge is -2.35. The van der Waals surface area contributed by atoms with Gasteiger partial charge >= 0.3 is 0 Å². The van der Waals surface area contributed by atoms with Gasteiger partial charge in [-0.2, -0.15) is 0 Å². The SMILES string of the molecule is CCC1CN(CC(N)=O)CCC1N. The van der Waals surface area contributed by atoms with Crippen molar-refractivity contribution in [2.24, 2.45) is 17.4 Å². The van der Waals surface area contributed by atoms with Gasteiger partial charge in [-0.15, -0.1) is 0 Å². The molecule has 1 rings (SSSR count). The van der Waals surface area contributed by atoms with Gasteiger partial charge in [-0.3, -0.25) is 9.69 Å². The predicted molar refractivity (Wildman–Crippen MR) is 52.0 cm³/mol. The Morgan fingerprint density at radius 1 is 1.62 bits per heavy atom. The van der Waals surface area contributed by atoms with Crippen LogP contribution in [0.15, 0.2) is 0 Å². The first-order chi connectivity index (χ1) is 6.13. The minimum atomic E-state index is -0.245. The summed E-state index contributed by atoms with van der Waals surface area (Å²) in [4.78, 5) is 12.8. The summed E-state index contributed by atoms with van der Waals surface area (Å²) < 4.78 is 0. The van der Waals surface area contributed by atoms with E-state index in [2.05, 4.69) is 11.8 Å². The molecule has 4 heteroatoms. The van der Waals surface area contributed by atoms with Crippen molar-refractivity contribution in [2.75, 3.05) is 19.6 Å². The van der Waals surface area contributed by atoms with Crippen LogP contribution in [0.3, 0.4) is 0 Å². The Labute approximate surface area is 79.3 Å². The second kappa shape index (κ2) is 4.58. The highest BCUT2D eigenvalue weighted by molar-refractivity contribution is 5.75. The van der Waals surface area contributed by atoms with Crippen molar-refractivity contribution < 1.29 is 4.79 Å². The van der Waals surface area contributed by atoms with E-state index < -0.39 is 0 Å². The zero-order valence-corrected chi connectivity index (χ0v) is 8.20. The Bertz CT molecular complexity index is 184. The van der Waals surface area contributed by atoms with Gasteiger partial charge in [0.25, 0.3) is 0 Å². The molecule has 0 radical (unpaired) electrons. The van der Waals surface area contributed by atoms with Crippen LogP contribution in [0.25, 0.3) is 0 Å². The molecule has 0 spiro atoms. The van der Waals surface area contributed by atoms with E-state index >= 15 is 0 Å². The monoisotopic (exact) mass is 185 g/mol. The van der Waals surface area contributed by atoms with E-state index in [9.17, 15) is 4.79 Å². The molecule has 4 nitrogen and oxygen atoms in total. The highest BCUT2D eigenvalue weighted by Crippen LogP contribution is 2.17. The molecular formula is C9H19N3O. The van der Waals surface area contributed by atoms with Crippen LogP contribution in [0, 0.1) is 5.92 Å². The molecule has 1 amide bonds. The molecule has 4 N–H and O–H groups in total. The topological polar surface area (TPSA) is 72.3 Å². The summed E-state index contributed by atoms with van der Waals surface area (Å²) in [6.07, 6.45) is 2.06. The first kappa shape index (κ1) is 10.5. The van der Waals surface area contributed by atoms with E-state index in [-0.39, 0.29) is 5.91 Å². The summed E-state index contributed by atoms with van der Waals surface area (Å²) in [5.74, 6) is 0.276. The van der Waals surface area contributed by atoms with Crippen molar-refractivity contribution in [1.82, 2.24) is 4.90 Å². The number of hydrogen-bond donors (Lipinski definition) is 2. The Balaban J connectivity index is 2.40. The summed E-state index contributed by atoms with van der Waals surface area (Å²) >= 11 is 0. The molecule has 0 saturated carbocycles. The number of nitrogens with two attached hydrogens (primary N) is 2. The molecule has 0 aromatic heterocycles. The largest absolute Gasteiger partial charge is 0.369 e. The minimum absolute atomic E-state index is 0.245. The number of primary amides is 1. The summed E-state index contributed by atoms with van der Waals surface area (Å²) in [6, 6.07) is 0.300. The summed E-state index contributed by atoms with van der Waals surface area (Å²) in [6.45, 7) is 4.34. The molecule has 13 heavy (non-hydrogen) atoms. The highest BCUT2D eigenvalue weighted by atomic mass is 16.1. The van der Waals surface area contributed by atoms with Crippen LogP contribution in [0.1, 0.15) is 19.8 Å². The van der Waals surface area contributed by atoms with Gasteiger partial charge < -0.3 is 11.5 Å². The molecule has 0 aromatic rings. The maximum absolute atomic E-state index is 10.7.